The third kappa shape index (κ3) is 3.13. The lowest BCUT2D eigenvalue weighted by molar-refractivity contribution is -0.106. The smallest absolute Gasteiger partial charge is 0.184 e. The summed E-state index contributed by atoms with van der Waals surface area (Å²) in [6.07, 6.45) is 1.45. The average Bonchev–Trinajstić information content (AvgIpc) is 3.42. The zero-order valence-electron chi connectivity index (χ0n) is 15.7. The molecule has 2 aromatic rings. The minimum Gasteiger partial charge on any atom is -0.375 e. The number of hydrogen-bond acceptors (Lipinski definition) is 5. The van der Waals surface area contributed by atoms with Crippen LogP contribution in [0.15, 0.2) is 60.7 Å². The molecule has 6 atom stereocenters. The summed E-state index contributed by atoms with van der Waals surface area (Å²) >= 11 is 0. The Morgan fingerprint density at radius 3 is 2.43 bits per heavy atom. The molecule has 0 N–H and O–H groups in total. The molecule has 3 aliphatic rings. The molecule has 0 aromatic heterocycles. The molecule has 1 unspecified atom stereocenters. The van der Waals surface area contributed by atoms with Crippen LogP contribution >= 0.6 is 0 Å². The van der Waals surface area contributed by atoms with Gasteiger partial charge in [0, 0.05) is 11.6 Å². The van der Waals surface area contributed by atoms with Crippen molar-refractivity contribution in [2.75, 3.05) is 6.61 Å². The minimum absolute atomic E-state index is 0.00567. The van der Waals surface area contributed by atoms with Gasteiger partial charge >= 0.3 is 0 Å². The molecule has 144 valence electrons. The molecule has 0 saturated carbocycles. The number of ether oxygens (including phenoxy) is 3. The van der Waals surface area contributed by atoms with Crippen LogP contribution in [0.25, 0.3) is 0 Å². The highest BCUT2D eigenvalue weighted by atomic mass is 16.7. The maximum atomic E-state index is 9.61. The van der Waals surface area contributed by atoms with Gasteiger partial charge in [0.05, 0.1) is 31.4 Å². The van der Waals surface area contributed by atoms with Crippen molar-refractivity contribution in [1.82, 2.24) is 4.90 Å². The third-order valence-electron chi connectivity index (χ3n) is 6.13. The molecular weight excluding hydrogens is 352 g/mol. The normalized spacial score (nSPS) is 34.1. The molecule has 0 aliphatic carbocycles. The first kappa shape index (κ1) is 17.8. The van der Waals surface area contributed by atoms with E-state index in [9.17, 15) is 5.26 Å². The molecule has 3 aliphatic heterocycles. The Morgan fingerprint density at radius 2 is 1.68 bits per heavy atom. The molecule has 3 fully saturated rings. The van der Waals surface area contributed by atoms with E-state index in [-0.39, 0.29) is 36.6 Å². The standard InChI is InChI=1S/C23H24N2O3/c24-13-18-11-12-19-21-22(28-23(27-21)17-9-5-2-6-10-17)20(25(18)19)15-26-14-16-7-3-1-4-8-16/h1-10,18-23H,11-12,14-15H2/t18?,19-,20-,21+,22-,23+/m1/s1. The largest absolute Gasteiger partial charge is 0.375 e. The summed E-state index contributed by atoms with van der Waals surface area (Å²) < 4.78 is 18.8. The Bertz CT molecular complexity index is 838. The van der Waals surface area contributed by atoms with Crippen LogP contribution in [-0.4, -0.2) is 41.8 Å². The summed E-state index contributed by atoms with van der Waals surface area (Å²) in [4.78, 5) is 2.29. The highest BCUT2D eigenvalue weighted by Crippen LogP contribution is 2.46. The van der Waals surface area contributed by atoms with E-state index >= 15 is 0 Å². The molecule has 0 radical (unpaired) electrons. The second kappa shape index (κ2) is 7.65. The van der Waals surface area contributed by atoms with Gasteiger partial charge in [-0.3, -0.25) is 4.90 Å². The number of hydrogen-bond donors (Lipinski definition) is 0. The van der Waals surface area contributed by atoms with Crippen molar-refractivity contribution in [1.29, 1.82) is 5.26 Å². The molecular formula is C23H24N2O3. The van der Waals surface area contributed by atoms with E-state index in [4.69, 9.17) is 14.2 Å². The first-order chi connectivity index (χ1) is 13.8. The number of nitrogens with zero attached hydrogens (tertiary/aromatic N) is 2. The van der Waals surface area contributed by atoms with Crippen molar-refractivity contribution in [2.24, 2.45) is 0 Å². The maximum absolute atomic E-state index is 9.61. The lowest BCUT2D eigenvalue weighted by Crippen LogP contribution is -2.44. The molecule has 0 spiro atoms. The Labute approximate surface area is 165 Å². The van der Waals surface area contributed by atoms with Crippen LogP contribution in [-0.2, 0) is 20.8 Å². The quantitative estimate of drug-likeness (QED) is 0.800. The van der Waals surface area contributed by atoms with Gasteiger partial charge in [-0.15, -0.1) is 0 Å². The molecule has 3 heterocycles. The number of benzene rings is 2. The van der Waals surface area contributed by atoms with Crippen LogP contribution in [0.1, 0.15) is 30.3 Å². The van der Waals surface area contributed by atoms with E-state index in [1.165, 1.54) is 0 Å². The van der Waals surface area contributed by atoms with Crippen molar-refractivity contribution in [3.05, 3.63) is 71.8 Å². The molecule has 0 bridgehead atoms. The van der Waals surface area contributed by atoms with E-state index in [1.54, 1.807) is 0 Å². The summed E-state index contributed by atoms with van der Waals surface area (Å²) in [6.45, 7) is 1.10. The van der Waals surface area contributed by atoms with Gasteiger partial charge in [0.15, 0.2) is 6.29 Å². The molecule has 2 aromatic carbocycles. The van der Waals surface area contributed by atoms with Gasteiger partial charge in [-0.05, 0) is 18.4 Å². The summed E-state index contributed by atoms with van der Waals surface area (Å²) in [5, 5.41) is 9.61. The van der Waals surface area contributed by atoms with Gasteiger partial charge in [-0.2, -0.15) is 5.26 Å². The molecule has 5 nitrogen and oxygen atoms in total. The number of nitriles is 1. The van der Waals surface area contributed by atoms with E-state index < -0.39 is 0 Å². The van der Waals surface area contributed by atoms with Gasteiger partial charge in [-0.1, -0.05) is 60.7 Å². The molecule has 5 rings (SSSR count). The molecule has 0 amide bonds. The van der Waals surface area contributed by atoms with E-state index in [1.807, 2.05) is 48.5 Å². The molecule has 28 heavy (non-hydrogen) atoms. The van der Waals surface area contributed by atoms with E-state index in [2.05, 4.69) is 23.1 Å². The highest BCUT2D eigenvalue weighted by molar-refractivity contribution is 5.20. The summed E-state index contributed by atoms with van der Waals surface area (Å²) in [6, 6.07) is 22.9. The SMILES string of the molecule is N#CC1CC[C@@H]2[C@@H]3O[C@H](c4ccccc4)O[C@@H]3[C@@H](COCc3ccccc3)N12. The van der Waals surface area contributed by atoms with Crippen molar-refractivity contribution in [3.8, 4) is 6.07 Å². The average molecular weight is 376 g/mol. The van der Waals surface area contributed by atoms with Crippen LogP contribution in [0.5, 0.6) is 0 Å². The minimum atomic E-state index is -0.337. The van der Waals surface area contributed by atoms with Gasteiger partial charge in [0.1, 0.15) is 12.2 Å². The van der Waals surface area contributed by atoms with Gasteiger partial charge in [-0.25, -0.2) is 0 Å². The summed E-state index contributed by atoms with van der Waals surface area (Å²) in [5.74, 6) is 0. The van der Waals surface area contributed by atoms with Crippen molar-refractivity contribution in [2.45, 2.75) is 56.1 Å². The first-order valence-corrected chi connectivity index (χ1v) is 10.00. The summed E-state index contributed by atoms with van der Waals surface area (Å²) in [5.41, 5.74) is 2.19. The van der Waals surface area contributed by atoms with Crippen molar-refractivity contribution >= 4 is 0 Å². The lowest BCUT2D eigenvalue weighted by atomic mass is 10.0. The van der Waals surface area contributed by atoms with E-state index in [0.717, 1.165) is 24.0 Å². The monoisotopic (exact) mass is 376 g/mol. The topological polar surface area (TPSA) is 54.7 Å². The lowest BCUT2D eigenvalue weighted by Gasteiger charge is -2.30. The fraction of sp³-hybridized carbons (Fsp3) is 0.435. The van der Waals surface area contributed by atoms with Crippen LogP contribution in [0, 0.1) is 11.3 Å². The Morgan fingerprint density at radius 1 is 0.964 bits per heavy atom. The van der Waals surface area contributed by atoms with E-state index in [0.29, 0.717) is 13.2 Å². The Balaban J connectivity index is 1.32. The third-order valence-corrected chi connectivity index (χ3v) is 6.13. The fourth-order valence-corrected chi connectivity index (χ4v) is 4.88. The fourth-order valence-electron chi connectivity index (χ4n) is 4.88. The predicted octanol–water partition coefficient (Wildman–Crippen LogP) is 3.42. The second-order valence-corrected chi connectivity index (χ2v) is 7.75. The van der Waals surface area contributed by atoms with Crippen LogP contribution in [0.3, 0.4) is 0 Å². The maximum Gasteiger partial charge on any atom is 0.184 e. The van der Waals surface area contributed by atoms with Gasteiger partial charge in [0.2, 0.25) is 0 Å². The van der Waals surface area contributed by atoms with Crippen molar-refractivity contribution < 1.29 is 14.2 Å². The van der Waals surface area contributed by atoms with Gasteiger partial charge < -0.3 is 14.2 Å². The zero-order chi connectivity index (χ0) is 18.9. The second-order valence-electron chi connectivity index (χ2n) is 7.75. The number of rotatable bonds is 5. The first-order valence-electron chi connectivity index (χ1n) is 10.00. The highest BCUT2D eigenvalue weighted by Gasteiger charge is 2.59. The molecule has 5 heteroatoms. The van der Waals surface area contributed by atoms with Gasteiger partial charge in [0.25, 0.3) is 0 Å². The van der Waals surface area contributed by atoms with Crippen LogP contribution in [0.2, 0.25) is 0 Å². The van der Waals surface area contributed by atoms with Crippen LogP contribution < -0.4 is 0 Å². The molecule has 3 saturated heterocycles. The van der Waals surface area contributed by atoms with Crippen LogP contribution in [0.4, 0.5) is 0 Å². The van der Waals surface area contributed by atoms with Crippen molar-refractivity contribution in [3.63, 3.8) is 0 Å². The predicted molar refractivity (Wildman–Crippen MR) is 103 cm³/mol. The summed E-state index contributed by atoms with van der Waals surface area (Å²) in [7, 11) is 0. The Kier molecular flexibility index (Phi) is 4.87. The Hall–Kier alpha value is -2.23. The number of fused-ring (bicyclic) bond motifs is 3. The zero-order valence-corrected chi connectivity index (χ0v) is 15.7.